The third kappa shape index (κ3) is 2.81. The largest absolute Gasteiger partial charge is 0.338 e. The summed E-state index contributed by atoms with van der Waals surface area (Å²) in [5.74, 6) is 2.56. The fraction of sp³-hybridized carbons (Fsp3) is 0.857. The zero-order valence-corrected chi connectivity index (χ0v) is 12.7. The molecule has 3 aliphatic heterocycles. The van der Waals surface area contributed by atoms with Gasteiger partial charge in [0.1, 0.15) is 6.04 Å². The minimum Gasteiger partial charge on any atom is -0.338 e. The van der Waals surface area contributed by atoms with Gasteiger partial charge in [-0.1, -0.05) is 0 Å². The van der Waals surface area contributed by atoms with E-state index < -0.39 is 0 Å². The van der Waals surface area contributed by atoms with Crippen molar-refractivity contribution in [3.8, 4) is 0 Å². The van der Waals surface area contributed by atoms with E-state index in [2.05, 4.69) is 5.32 Å². The minimum absolute atomic E-state index is 0.149. The van der Waals surface area contributed by atoms with E-state index in [4.69, 9.17) is 0 Å². The Labute approximate surface area is 124 Å². The summed E-state index contributed by atoms with van der Waals surface area (Å²) in [5.41, 5.74) is 0. The van der Waals surface area contributed by atoms with Crippen LogP contribution in [0.2, 0.25) is 0 Å². The highest BCUT2D eigenvalue weighted by Gasteiger charge is 2.39. The molecule has 0 radical (unpaired) electrons. The molecule has 0 aromatic rings. The first kappa shape index (κ1) is 14.2. The van der Waals surface area contributed by atoms with Gasteiger partial charge < -0.3 is 15.1 Å². The number of amides is 2. The summed E-state index contributed by atoms with van der Waals surface area (Å²) in [7, 11) is 0. The van der Waals surface area contributed by atoms with Gasteiger partial charge in [-0.15, -0.1) is 0 Å². The number of rotatable bonds is 2. The molecule has 3 rings (SSSR count). The van der Waals surface area contributed by atoms with Crippen LogP contribution in [0.1, 0.15) is 19.3 Å². The monoisotopic (exact) mass is 297 g/mol. The molecule has 112 valence electrons. The maximum atomic E-state index is 12.6. The van der Waals surface area contributed by atoms with E-state index in [-0.39, 0.29) is 23.8 Å². The summed E-state index contributed by atoms with van der Waals surface area (Å²) in [6.45, 7) is 4.05. The first-order chi connectivity index (χ1) is 9.77. The Kier molecular flexibility index (Phi) is 4.51. The Morgan fingerprint density at radius 1 is 1.05 bits per heavy atom. The summed E-state index contributed by atoms with van der Waals surface area (Å²) in [5, 5.41) is 3.26. The number of likely N-dealkylation sites (tertiary alicyclic amines) is 1. The van der Waals surface area contributed by atoms with Crippen molar-refractivity contribution in [1.82, 2.24) is 15.1 Å². The van der Waals surface area contributed by atoms with Crippen LogP contribution >= 0.6 is 11.8 Å². The predicted molar refractivity (Wildman–Crippen MR) is 79.6 cm³/mol. The maximum Gasteiger partial charge on any atom is 0.245 e. The lowest BCUT2D eigenvalue weighted by Gasteiger charge is -2.33. The molecule has 0 aromatic heterocycles. The van der Waals surface area contributed by atoms with Crippen LogP contribution < -0.4 is 5.32 Å². The smallest absolute Gasteiger partial charge is 0.245 e. The summed E-state index contributed by atoms with van der Waals surface area (Å²) in [4.78, 5) is 29.0. The Hall–Kier alpha value is -0.750. The predicted octanol–water partition coefficient (Wildman–Crippen LogP) is 0.162. The van der Waals surface area contributed by atoms with Gasteiger partial charge in [-0.05, 0) is 25.0 Å². The molecule has 3 aliphatic rings. The molecule has 5 nitrogen and oxygen atoms in total. The molecule has 0 aromatic carbocycles. The summed E-state index contributed by atoms with van der Waals surface area (Å²) < 4.78 is 0. The number of hydrogen-bond acceptors (Lipinski definition) is 4. The van der Waals surface area contributed by atoms with Gasteiger partial charge in [0.2, 0.25) is 11.8 Å². The second kappa shape index (κ2) is 6.35. The second-order valence-corrected chi connectivity index (χ2v) is 6.98. The standard InChI is InChI=1S/C14H23N3O2S/c18-13(11-3-9-20-10-11)17-6-1-2-12(17)14(19)16-7-4-15-5-8-16/h11-12,15H,1-10H2. The lowest BCUT2D eigenvalue weighted by molar-refractivity contribution is -0.145. The van der Waals surface area contributed by atoms with Crippen molar-refractivity contribution in [3.05, 3.63) is 0 Å². The van der Waals surface area contributed by atoms with E-state index in [1.165, 1.54) is 0 Å². The van der Waals surface area contributed by atoms with E-state index in [0.29, 0.717) is 0 Å². The van der Waals surface area contributed by atoms with Crippen LogP contribution in [0.4, 0.5) is 0 Å². The number of thioether (sulfide) groups is 1. The summed E-state index contributed by atoms with van der Waals surface area (Å²) in [6.07, 6.45) is 2.79. The van der Waals surface area contributed by atoms with Crippen LogP contribution in [-0.4, -0.2) is 71.9 Å². The molecule has 0 bridgehead atoms. The Bertz CT molecular complexity index is 379. The van der Waals surface area contributed by atoms with Crippen molar-refractivity contribution < 1.29 is 9.59 Å². The fourth-order valence-electron chi connectivity index (χ4n) is 3.35. The molecule has 3 saturated heterocycles. The lowest BCUT2D eigenvalue weighted by Crippen LogP contribution is -2.54. The molecule has 2 amide bonds. The molecule has 1 N–H and O–H groups in total. The van der Waals surface area contributed by atoms with Crippen molar-refractivity contribution >= 4 is 23.6 Å². The van der Waals surface area contributed by atoms with Gasteiger partial charge in [0, 0.05) is 44.4 Å². The number of carbonyl (C=O) groups is 2. The highest BCUT2D eigenvalue weighted by molar-refractivity contribution is 7.99. The van der Waals surface area contributed by atoms with Gasteiger partial charge in [-0.25, -0.2) is 0 Å². The third-order valence-electron chi connectivity index (χ3n) is 4.53. The first-order valence-electron chi connectivity index (χ1n) is 7.65. The van der Waals surface area contributed by atoms with Crippen LogP contribution in [0, 0.1) is 5.92 Å². The molecule has 6 heteroatoms. The van der Waals surface area contributed by atoms with Gasteiger partial charge in [0.05, 0.1) is 0 Å². The van der Waals surface area contributed by atoms with Gasteiger partial charge in [0.15, 0.2) is 0 Å². The fourth-order valence-corrected chi connectivity index (χ4v) is 4.56. The van der Waals surface area contributed by atoms with E-state index in [1.54, 1.807) is 0 Å². The van der Waals surface area contributed by atoms with Gasteiger partial charge in [-0.2, -0.15) is 11.8 Å². The topological polar surface area (TPSA) is 52.7 Å². The van der Waals surface area contributed by atoms with Gasteiger partial charge in [-0.3, -0.25) is 9.59 Å². The van der Waals surface area contributed by atoms with Crippen LogP contribution in [0.25, 0.3) is 0 Å². The number of piperazine rings is 1. The average Bonchev–Trinajstić information content (AvgIpc) is 3.18. The van der Waals surface area contributed by atoms with Crippen LogP contribution in [0.5, 0.6) is 0 Å². The second-order valence-electron chi connectivity index (χ2n) is 5.83. The highest BCUT2D eigenvalue weighted by Crippen LogP contribution is 2.29. The van der Waals surface area contributed by atoms with E-state index in [0.717, 1.165) is 63.5 Å². The van der Waals surface area contributed by atoms with Gasteiger partial charge in [0.25, 0.3) is 0 Å². The van der Waals surface area contributed by atoms with Crippen molar-refractivity contribution in [2.75, 3.05) is 44.2 Å². The summed E-state index contributed by atoms with van der Waals surface area (Å²) >= 11 is 1.86. The molecule has 20 heavy (non-hydrogen) atoms. The van der Waals surface area contributed by atoms with Crippen molar-refractivity contribution in [2.45, 2.75) is 25.3 Å². The highest BCUT2D eigenvalue weighted by atomic mass is 32.2. The van der Waals surface area contributed by atoms with Crippen LogP contribution in [0.15, 0.2) is 0 Å². The Balaban J connectivity index is 1.65. The molecular weight excluding hydrogens is 274 g/mol. The molecule has 2 atom stereocenters. The van der Waals surface area contributed by atoms with Crippen LogP contribution in [0.3, 0.4) is 0 Å². The Morgan fingerprint density at radius 3 is 2.55 bits per heavy atom. The zero-order valence-electron chi connectivity index (χ0n) is 11.8. The molecule has 0 spiro atoms. The van der Waals surface area contributed by atoms with Crippen molar-refractivity contribution in [2.24, 2.45) is 5.92 Å². The number of nitrogens with one attached hydrogen (secondary N) is 1. The van der Waals surface area contributed by atoms with Gasteiger partial charge >= 0.3 is 0 Å². The molecule has 0 aliphatic carbocycles. The SMILES string of the molecule is O=C(C1CCCN1C(=O)C1CCSC1)N1CCNCC1. The maximum absolute atomic E-state index is 12.6. The molecular formula is C14H23N3O2S. The number of carbonyl (C=O) groups excluding carboxylic acids is 2. The third-order valence-corrected chi connectivity index (χ3v) is 5.69. The molecule has 2 unspecified atom stereocenters. The number of hydrogen-bond donors (Lipinski definition) is 1. The van der Waals surface area contributed by atoms with E-state index >= 15 is 0 Å². The molecule has 0 saturated carbocycles. The number of nitrogens with zero attached hydrogens (tertiary/aromatic N) is 2. The average molecular weight is 297 g/mol. The van der Waals surface area contributed by atoms with Crippen LogP contribution in [-0.2, 0) is 9.59 Å². The van der Waals surface area contributed by atoms with Crippen molar-refractivity contribution in [3.63, 3.8) is 0 Å². The first-order valence-corrected chi connectivity index (χ1v) is 8.80. The lowest BCUT2D eigenvalue weighted by atomic mass is 10.1. The zero-order chi connectivity index (χ0) is 13.9. The molecule has 3 fully saturated rings. The van der Waals surface area contributed by atoms with E-state index in [9.17, 15) is 9.59 Å². The molecule has 3 heterocycles. The summed E-state index contributed by atoms with van der Waals surface area (Å²) in [6, 6.07) is -0.189. The van der Waals surface area contributed by atoms with E-state index in [1.807, 2.05) is 21.6 Å². The Morgan fingerprint density at radius 2 is 1.85 bits per heavy atom. The minimum atomic E-state index is -0.189. The quantitative estimate of drug-likeness (QED) is 0.789. The van der Waals surface area contributed by atoms with Crippen molar-refractivity contribution in [1.29, 1.82) is 0 Å². The normalized spacial score (nSPS) is 30.8.